The Hall–Kier alpha value is -2.39. The van der Waals surface area contributed by atoms with Crippen LogP contribution in [0.4, 0.5) is 4.39 Å². The molecule has 3 N–H and O–H groups in total. The van der Waals surface area contributed by atoms with Gasteiger partial charge in [-0.2, -0.15) is 4.39 Å². The van der Waals surface area contributed by atoms with E-state index in [1.165, 1.54) is 12.1 Å². The van der Waals surface area contributed by atoms with Gasteiger partial charge in [-0.1, -0.05) is 12.1 Å². The third-order valence-electron chi connectivity index (χ3n) is 2.72. The van der Waals surface area contributed by atoms with E-state index in [1.54, 1.807) is 12.1 Å². The summed E-state index contributed by atoms with van der Waals surface area (Å²) in [5, 5.41) is 18.0. The minimum absolute atomic E-state index is 0.0262. The quantitative estimate of drug-likeness (QED) is 0.578. The molecule has 1 heterocycles. The summed E-state index contributed by atoms with van der Waals surface area (Å²) in [6, 6.07) is 6.12. The smallest absolute Gasteiger partial charge is 0.488 e. The van der Waals surface area contributed by atoms with Crippen molar-refractivity contribution < 1.29 is 19.2 Å². The van der Waals surface area contributed by atoms with Crippen LogP contribution < -0.4 is 21.4 Å². The molecule has 0 saturated carbocycles. The fraction of sp³-hybridized carbons (Fsp3) is 0.167. The molecule has 2 rings (SSSR count). The topological polar surface area (TPSA) is 105 Å². The molecule has 1 aromatic heterocycles. The lowest BCUT2D eigenvalue weighted by molar-refractivity contribution is 0.294. The Labute approximate surface area is 118 Å². The molecule has 0 spiro atoms. The van der Waals surface area contributed by atoms with Crippen molar-refractivity contribution in [2.75, 3.05) is 6.61 Å². The van der Waals surface area contributed by atoms with Gasteiger partial charge in [0.25, 0.3) is 5.56 Å². The summed E-state index contributed by atoms with van der Waals surface area (Å²) in [4.78, 5) is 24.1. The zero-order chi connectivity index (χ0) is 15.4. The van der Waals surface area contributed by atoms with Gasteiger partial charge in [-0.25, -0.2) is 4.79 Å². The number of hydrogen-bond acceptors (Lipinski definition) is 5. The SMILES string of the molecule is O=c1[nH]c(=O)n(CCOc2cccc(B(O)O)c2)cc1F. The Morgan fingerprint density at radius 3 is 2.81 bits per heavy atom. The molecular weight excluding hydrogens is 282 g/mol. The second kappa shape index (κ2) is 6.38. The maximum absolute atomic E-state index is 13.1. The number of nitrogens with zero attached hydrogens (tertiary/aromatic N) is 1. The van der Waals surface area contributed by atoms with Crippen LogP contribution in [0.5, 0.6) is 5.75 Å². The van der Waals surface area contributed by atoms with Crippen molar-refractivity contribution in [3.05, 3.63) is 57.1 Å². The van der Waals surface area contributed by atoms with Crippen LogP contribution >= 0.6 is 0 Å². The Bertz CT molecular complexity index is 743. The van der Waals surface area contributed by atoms with E-state index in [9.17, 15) is 14.0 Å². The zero-order valence-electron chi connectivity index (χ0n) is 10.8. The highest BCUT2D eigenvalue weighted by atomic mass is 19.1. The van der Waals surface area contributed by atoms with Gasteiger partial charge in [-0.15, -0.1) is 0 Å². The number of aromatic nitrogens is 2. The van der Waals surface area contributed by atoms with Crippen molar-refractivity contribution in [2.45, 2.75) is 6.54 Å². The molecule has 0 aliphatic carbocycles. The second-order valence-electron chi connectivity index (χ2n) is 4.22. The van der Waals surface area contributed by atoms with Gasteiger partial charge in [0.05, 0.1) is 12.7 Å². The lowest BCUT2D eigenvalue weighted by Crippen LogP contribution is -2.32. The highest BCUT2D eigenvalue weighted by Gasteiger charge is 2.11. The molecule has 0 fully saturated rings. The highest BCUT2D eigenvalue weighted by molar-refractivity contribution is 6.58. The molecular formula is C12H12BFN2O5. The molecule has 0 bridgehead atoms. The van der Waals surface area contributed by atoms with Crippen LogP contribution in [-0.4, -0.2) is 33.3 Å². The van der Waals surface area contributed by atoms with E-state index in [-0.39, 0.29) is 18.6 Å². The van der Waals surface area contributed by atoms with Gasteiger partial charge >= 0.3 is 12.8 Å². The minimum Gasteiger partial charge on any atom is -0.492 e. The van der Waals surface area contributed by atoms with Crippen LogP contribution in [0.1, 0.15) is 0 Å². The van der Waals surface area contributed by atoms with Crippen LogP contribution in [0.2, 0.25) is 0 Å². The van der Waals surface area contributed by atoms with Gasteiger partial charge in [0, 0.05) is 0 Å². The van der Waals surface area contributed by atoms with Crippen molar-refractivity contribution >= 4 is 12.6 Å². The molecule has 7 nitrogen and oxygen atoms in total. The predicted octanol–water partition coefficient (Wildman–Crippen LogP) is -1.57. The molecule has 0 atom stereocenters. The average Bonchev–Trinajstić information content (AvgIpc) is 2.44. The van der Waals surface area contributed by atoms with Crippen molar-refractivity contribution in [1.29, 1.82) is 0 Å². The first-order chi connectivity index (χ1) is 9.97. The maximum Gasteiger partial charge on any atom is 0.488 e. The summed E-state index contributed by atoms with van der Waals surface area (Å²) in [7, 11) is -1.61. The fourth-order valence-electron chi connectivity index (χ4n) is 1.68. The summed E-state index contributed by atoms with van der Waals surface area (Å²) >= 11 is 0. The largest absolute Gasteiger partial charge is 0.492 e. The molecule has 9 heteroatoms. The first kappa shape index (κ1) is 15.0. The van der Waals surface area contributed by atoms with E-state index in [1.807, 2.05) is 4.98 Å². The molecule has 2 aromatic rings. The number of hydrogen-bond donors (Lipinski definition) is 3. The Kier molecular flexibility index (Phi) is 4.56. The minimum atomic E-state index is -1.61. The lowest BCUT2D eigenvalue weighted by atomic mass is 9.80. The summed E-state index contributed by atoms with van der Waals surface area (Å²) in [6.07, 6.45) is 0.804. The first-order valence-corrected chi connectivity index (χ1v) is 6.05. The standard InChI is InChI=1S/C12H12BFN2O5/c14-10-7-16(12(18)15-11(10)17)4-5-21-9-3-1-2-8(6-9)13(19)20/h1-3,6-7,19-20H,4-5H2,(H,15,17,18). The van der Waals surface area contributed by atoms with Crippen molar-refractivity contribution in [1.82, 2.24) is 9.55 Å². The number of rotatable bonds is 5. The lowest BCUT2D eigenvalue weighted by Gasteiger charge is -2.09. The molecule has 1 aromatic carbocycles. The van der Waals surface area contributed by atoms with Crippen LogP contribution in [-0.2, 0) is 6.54 Å². The number of halogens is 1. The number of aromatic amines is 1. The van der Waals surface area contributed by atoms with Gasteiger partial charge < -0.3 is 14.8 Å². The number of nitrogens with one attached hydrogen (secondary N) is 1. The molecule has 0 amide bonds. The van der Waals surface area contributed by atoms with E-state index < -0.39 is 24.2 Å². The number of H-pyrrole nitrogens is 1. The Morgan fingerprint density at radius 2 is 2.10 bits per heavy atom. The third-order valence-corrected chi connectivity index (χ3v) is 2.72. The molecule has 110 valence electrons. The summed E-state index contributed by atoms with van der Waals surface area (Å²) in [5.74, 6) is -0.682. The maximum atomic E-state index is 13.1. The molecule has 0 radical (unpaired) electrons. The van der Waals surface area contributed by atoms with Gasteiger partial charge in [0.2, 0.25) is 5.82 Å². The normalized spacial score (nSPS) is 10.4. The molecule has 0 saturated heterocycles. The third kappa shape index (κ3) is 3.80. The molecule has 0 unspecified atom stereocenters. The zero-order valence-corrected chi connectivity index (χ0v) is 10.8. The van der Waals surface area contributed by atoms with Crippen LogP contribution in [0.25, 0.3) is 0 Å². The Balaban J connectivity index is 2.02. The van der Waals surface area contributed by atoms with Crippen molar-refractivity contribution in [3.8, 4) is 5.75 Å². The number of ether oxygens (including phenoxy) is 1. The van der Waals surface area contributed by atoms with E-state index in [0.29, 0.717) is 5.75 Å². The molecule has 0 aliphatic heterocycles. The van der Waals surface area contributed by atoms with E-state index in [0.717, 1.165) is 10.8 Å². The van der Waals surface area contributed by atoms with E-state index >= 15 is 0 Å². The van der Waals surface area contributed by atoms with E-state index in [4.69, 9.17) is 14.8 Å². The van der Waals surface area contributed by atoms with Gasteiger partial charge in [0.1, 0.15) is 12.4 Å². The summed E-state index contributed by atoms with van der Waals surface area (Å²) in [5.41, 5.74) is -1.54. The average molecular weight is 294 g/mol. The van der Waals surface area contributed by atoms with Crippen LogP contribution in [0.3, 0.4) is 0 Å². The van der Waals surface area contributed by atoms with Crippen LogP contribution in [0.15, 0.2) is 40.1 Å². The van der Waals surface area contributed by atoms with Gasteiger partial charge in [0.15, 0.2) is 0 Å². The van der Waals surface area contributed by atoms with Crippen molar-refractivity contribution in [3.63, 3.8) is 0 Å². The predicted molar refractivity (Wildman–Crippen MR) is 73.0 cm³/mol. The summed E-state index contributed by atoms with van der Waals surface area (Å²) < 4.78 is 19.4. The van der Waals surface area contributed by atoms with E-state index in [2.05, 4.69) is 0 Å². The van der Waals surface area contributed by atoms with Gasteiger partial charge in [-0.3, -0.25) is 14.3 Å². The number of benzene rings is 1. The Morgan fingerprint density at radius 1 is 1.33 bits per heavy atom. The first-order valence-electron chi connectivity index (χ1n) is 6.05. The second-order valence-corrected chi connectivity index (χ2v) is 4.22. The highest BCUT2D eigenvalue weighted by Crippen LogP contribution is 2.07. The molecule has 21 heavy (non-hydrogen) atoms. The summed E-state index contributed by atoms with van der Waals surface area (Å²) in [6.45, 7) is 0.0643. The van der Waals surface area contributed by atoms with Crippen molar-refractivity contribution in [2.24, 2.45) is 0 Å². The van der Waals surface area contributed by atoms with Crippen LogP contribution in [0, 0.1) is 5.82 Å². The van der Waals surface area contributed by atoms with Gasteiger partial charge in [-0.05, 0) is 17.6 Å². The fourth-order valence-corrected chi connectivity index (χ4v) is 1.68. The molecule has 0 aliphatic rings. The monoisotopic (exact) mass is 294 g/mol.